The minimum Gasteiger partial charge on any atom is -0.465 e. The Morgan fingerprint density at radius 1 is 1.22 bits per heavy atom. The summed E-state index contributed by atoms with van der Waals surface area (Å²) in [4.78, 5) is 45.3. The van der Waals surface area contributed by atoms with Gasteiger partial charge in [0.15, 0.2) is 0 Å². The van der Waals surface area contributed by atoms with Gasteiger partial charge in [0.2, 0.25) is 11.8 Å². The van der Waals surface area contributed by atoms with Gasteiger partial charge in [-0.15, -0.1) is 13.2 Å². The summed E-state index contributed by atoms with van der Waals surface area (Å²) in [7, 11) is 0. The Morgan fingerprint density at radius 3 is 2.49 bits per heavy atom. The number of likely N-dealkylation sites (tertiary alicyclic amines) is 1. The van der Waals surface area contributed by atoms with Crippen LogP contribution in [0.15, 0.2) is 25.3 Å². The van der Waals surface area contributed by atoms with Crippen molar-refractivity contribution in [2.75, 3.05) is 26.3 Å². The molecule has 3 heterocycles. The lowest BCUT2D eigenvalue weighted by atomic mass is 9.62. The van der Waals surface area contributed by atoms with Crippen molar-refractivity contribution in [3.63, 3.8) is 0 Å². The summed E-state index contributed by atoms with van der Waals surface area (Å²) in [6.45, 7) is 18.4. The predicted molar refractivity (Wildman–Crippen MR) is 141 cm³/mol. The molecule has 208 valence electrons. The van der Waals surface area contributed by atoms with E-state index >= 15 is 0 Å². The maximum absolute atomic E-state index is 14.3. The van der Waals surface area contributed by atoms with E-state index in [0.717, 1.165) is 12.8 Å². The molecule has 0 aliphatic carbocycles. The zero-order valence-electron chi connectivity index (χ0n) is 23.3. The number of esters is 1. The molecular formula is C29H46N2O6. The fourth-order valence-electron chi connectivity index (χ4n) is 6.67. The van der Waals surface area contributed by atoms with Gasteiger partial charge in [-0.25, -0.2) is 0 Å². The monoisotopic (exact) mass is 518 g/mol. The molecule has 1 N–H and O–H groups in total. The van der Waals surface area contributed by atoms with Crippen LogP contribution in [-0.4, -0.2) is 81.8 Å². The summed E-state index contributed by atoms with van der Waals surface area (Å²) in [5.41, 5.74) is -2.46. The van der Waals surface area contributed by atoms with Crippen molar-refractivity contribution >= 4 is 17.8 Å². The molecule has 0 aromatic heterocycles. The van der Waals surface area contributed by atoms with E-state index in [-0.39, 0.29) is 30.9 Å². The fraction of sp³-hybridized carbons (Fsp3) is 0.759. The number of aliphatic hydroxyl groups excluding tert-OH is 1. The first-order valence-corrected chi connectivity index (χ1v) is 13.7. The van der Waals surface area contributed by atoms with Crippen molar-refractivity contribution in [3.8, 4) is 0 Å². The van der Waals surface area contributed by atoms with Crippen molar-refractivity contribution in [3.05, 3.63) is 25.3 Å². The van der Waals surface area contributed by atoms with Gasteiger partial charge in [0, 0.05) is 25.2 Å². The van der Waals surface area contributed by atoms with Gasteiger partial charge in [-0.1, -0.05) is 31.9 Å². The Hall–Kier alpha value is -2.19. The summed E-state index contributed by atoms with van der Waals surface area (Å²) in [6.07, 6.45) is 7.53. The van der Waals surface area contributed by atoms with Crippen LogP contribution in [0.5, 0.6) is 0 Å². The molecule has 8 heteroatoms. The number of unbranched alkanes of at least 4 members (excludes halogenated alkanes) is 3. The van der Waals surface area contributed by atoms with Crippen LogP contribution < -0.4 is 0 Å². The highest BCUT2D eigenvalue weighted by molar-refractivity contribution is 5.98. The zero-order valence-corrected chi connectivity index (χ0v) is 23.3. The molecule has 0 saturated carbocycles. The molecular weight excluding hydrogens is 472 g/mol. The molecule has 37 heavy (non-hydrogen) atoms. The van der Waals surface area contributed by atoms with Crippen molar-refractivity contribution in [2.45, 2.75) is 95.9 Å². The van der Waals surface area contributed by atoms with Crippen LogP contribution in [0.1, 0.15) is 73.1 Å². The Balaban J connectivity index is 2.03. The standard InChI is InChI=1S/C29H46N2O6/c1-8-10-18-36-26(35)22-21-24(33)30(16-13-11-12-14-17-32)23(25(34)31(15-9-2)27(4,5)6)29(21)19-20(3)28(22,7)37-29/h8-9,20-23,32H,1-2,10-19H2,3-7H3/t20?,21-,22-,23?,28+,29?/m0/s1. The van der Waals surface area contributed by atoms with E-state index in [1.165, 1.54) is 0 Å². The number of amides is 2. The van der Waals surface area contributed by atoms with Crippen molar-refractivity contribution in [2.24, 2.45) is 17.8 Å². The van der Waals surface area contributed by atoms with E-state index in [1.807, 2.05) is 34.6 Å². The molecule has 2 bridgehead atoms. The third kappa shape index (κ3) is 5.11. The van der Waals surface area contributed by atoms with Crippen LogP contribution in [0.4, 0.5) is 0 Å². The average molecular weight is 519 g/mol. The normalized spacial score (nSPS) is 32.4. The quantitative estimate of drug-likeness (QED) is 0.228. The molecule has 6 atom stereocenters. The molecule has 0 aromatic rings. The number of nitrogens with zero attached hydrogens (tertiary/aromatic N) is 2. The van der Waals surface area contributed by atoms with Gasteiger partial charge >= 0.3 is 5.97 Å². The third-order valence-electron chi connectivity index (χ3n) is 8.56. The smallest absolute Gasteiger partial charge is 0.312 e. The number of hydrogen-bond donors (Lipinski definition) is 1. The number of fused-ring (bicyclic) bond motifs is 1. The molecule has 3 rings (SSSR count). The lowest BCUT2D eigenvalue weighted by molar-refractivity contribution is -0.162. The van der Waals surface area contributed by atoms with E-state index in [2.05, 4.69) is 13.2 Å². The van der Waals surface area contributed by atoms with Crippen LogP contribution in [0.2, 0.25) is 0 Å². The Morgan fingerprint density at radius 2 is 1.89 bits per heavy atom. The van der Waals surface area contributed by atoms with Gasteiger partial charge in [-0.05, 0) is 59.3 Å². The molecule has 1 spiro atoms. The molecule has 3 fully saturated rings. The Labute approximate surface area is 222 Å². The summed E-state index contributed by atoms with van der Waals surface area (Å²) in [5.74, 6) is -2.38. The van der Waals surface area contributed by atoms with Crippen LogP contribution in [0.25, 0.3) is 0 Å². The van der Waals surface area contributed by atoms with Gasteiger partial charge in [0.1, 0.15) is 17.6 Å². The van der Waals surface area contributed by atoms with Gasteiger partial charge in [-0.3, -0.25) is 14.4 Å². The molecule has 3 unspecified atom stereocenters. The molecule has 0 aromatic carbocycles. The highest BCUT2D eigenvalue weighted by Gasteiger charge is 2.80. The highest BCUT2D eigenvalue weighted by atomic mass is 16.6. The maximum atomic E-state index is 14.3. The molecule has 2 amide bonds. The van der Waals surface area contributed by atoms with Crippen LogP contribution in [-0.2, 0) is 23.9 Å². The fourth-order valence-corrected chi connectivity index (χ4v) is 6.67. The topological polar surface area (TPSA) is 96.4 Å². The average Bonchev–Trinajstić information content (AvgIpc) is 3.33. The van der Waals surface area contributed by atoms with Crippen LogP contribution in [0.3, 0.4) is 0 Å². The van der Waals surface area contributed by atoms with Crippen LogP contribution >= 0.6 is 0 Å². The van der Waals surface area contributed by atoms with Crippen LogP contribution in [0, 0.1) is 17.8 Å². The SMILES string of the molecule is C=CCCOC(=O)[C@@H]1[C@H]2C(=O)N(CCCCCCO)C(C(=O)N(CC=C)C(C)(C)C)C23CC(C)[C@@]1(C)O3. The first-order chi connectivity index (χ1) is 17.4. The number of rotatable bonds is 13. The Bertz CT molecular complexity index is 897. The number of hydrogen-bond acceptors (Lipinski definition) is 6. The van der Waals surface area contributed by atoms with E-state index in [1.54, 1.807) is 22.0 Å². The molecule has 8 nitrogen and oxygen atoms in total. The van der Waals surface area contributed by atoms with E-state index < -0.39 is 40.6 Å². The highest BCUT2D eigenvalue weighted by Crippen LogP contribution is 2.65. The van der Waals surface area contributed by atoms with Crippen molar-refractivity contribution in [1.82, 2.24) is 9.80 Å². The lowest BCUT2D eigenvalue weighted by Gasteiger charge is -2.42. The number of aliphatic hydroxyl groups is 1. The number of carbonyl (C=O) groups is 3. The summed E-state index contributed by atoms with van der Waals surface area (Å²) in [6, 6.07) is -0.822. The second kappa shape index (κ2) is 11.3. The first kappa shape index (κ1) is 29.4. The van der Waals surface area contributed by atoms with Gasteiger partial charge in [0.05, 0.1) is 18.1 Å². The lowest BCUT2D eigenvalue weighted by Crippen LogP contribution is -2.60. The maximum Gasteiger partial charge on any atom is 0.312 e. The molecule has 3 aliphatic heterocycles. The van der Waals surface area contributed by atoms with Crippen molar-refractivity contribution < 1.29 is 29.0 Å². The van der Waals surface area contributed by atoms with Gasteiger partial charge < -0.3 is 24.4 Å². The van der Waals surface area contributed by atoms with Gasteiger partial charge in [-0.2, -0.15) is 0 Å². The molecule has 3 saturated heterocycles. The number of ether oxygens (including phenoxy) is 2. The predicted octanol–water partition coefficient (Wildman–Crippen LogP) is 3.48. The van der Waals surface area contributed by atoms with E-state index in [9.17, 15) is 14.4 Å². The first-order valence-electron chi connectivity index (χ1n) is 13.7. The zero-order chi connectivity index (χ0) is 27.6. The van der Waals surface area contributed by atoms with Crippen molar-refractivity contribution in [1.29, 1.82) is 0 Å². The third-order valence-corrected chi connectivity index (χ3v) is 8.56. The summed E-state index contributed by atoms with van der Waals surface area (Å²) in [5, 5.41) is 9.12. The number of carbonyl (C=O) groups excluding carboxylic acids is 3. The second-order valence-corrected chi connectivity index (χ2v) is 12.0. The van der Waals surface area contributed by atoms with E-state index in [0.29, 0.717) is 38.8 Å². The Kier molecular flexibility index (Phi) is 8.95. The molecule has 0 radical (unpaired) electrons. The molecule has 3 aliphatic rings. The van der Waals surface area contributed by atoms with Gasteiger partial charge in [0.25, 0.3) is 0 Å². The minimum absolute atomic E-state index is 0.0317. The summed E-state index contributed by atoms with van der Waals surface area (Å²) < 4.78 is 12.3. The summed E-state index contributed by atoms with van der Waals surface area (Å²) >= 11 is 0. The van der Waals surface area contributed by atoms with E-state index in [4.69, 9.17) is 14.6 Å². The second-order valence-electron chi connectivity index (χ2n) is 12.0. The largest absolute Gasteiger partial charge is 0.465 e. The minimum atomic E-state index is -1.08.